The second kappa shape index (κ2) is 10.5. The first-order valence-corrected chi connectivity index (χ1v) is 8.07. The van der Waals surface area contributed by atoms with E-state index < -0.39 is 0 Å². The van der Waals surface area contributed by atoms with Gasteiger partial charge in [-0.15, -0.1) is 23.2 Å². The number of unbranched alkanes of at least 4 members (excludes halogenated alkanes) is 5. The molecule has 1 nitrogen and oxygen atoms in total. The molecule has 0 fully saturated rings. The van der Waals surface area contributed by atoms with Gasteiger partial charge in [0.15, 0.2) is 0 Å². The maximum atomic E-state index is 8.68. The summed E-state index contributed by atoms with van der Waals surface area (Å²) in [6.45, 7) is 0.314. The molecule has 0 radical (unpaired) electrons. The highest BCUT2D eigenvalue weighted by atomic mass is 35.5. The third-order valence-electron chi connectivity index (χ3n) is 3.32. The number of hydrogen-bond acceptors (Lipinski definition) is 1. The second-order valence-electron chi connectivity index (χ2n) is 4.96. The number of benzene rings is 1. The van der Waals surface area contributed by atoms with Gasteiger partial charge < -0.3 is 5.11 Å². The highest BCUT2D eigenvalue weighted by molar-refractivity contribution is 6.30. The van der Waals surface area contributed by atoms with Gasteiger partial charge in [0.2, 0.25) is 0 Å². The molecule has 1 N–H and O–H groups in total. The zero-order valence-electron chi connectivity index (χ0n) is 11.4. The molecule has 1 aromatic carbocycles. The largest absolute Gasteiger partial charge is 0.396 e. The third kappa shape index (κ3) is 7.20. The third-order valence-corrected chi connectivity index (χ3v) is 4.48. The van der Waals surface area contributed by atoms with Crippen molar-refractivity contribution in [3.63, 3.8) is 0 Å². The normalized spacial score (nSPS) is 14.3. The Kier molecular flexibility index (Phi) is 9.32. The van der Waals surface area contributed by atoms with Crippen LogP contribution in [0, 0.1) is 0 Å². The van der Waals surface area contributed by atoms with Gasteiger partial charge in [0.1, 0.15) is 0 Å². The van der Waals surface area contributed by atoms with Crippen LogP contribution in [0.5, 0.6) is 0 Å². The molecule has 0 amide bonds. The lowest BCUT2D eigenvalue weighted by Crippen LogP contribution is -2.07. The Hall–Kier alpha value is -0.240. The molecule has 0 saturated heterocycles. The zero-order chi connectivity index (χ0) is 13.9. The minimum atomic E-state index is -0.0998. The molecule has 0 aromatic heterocycles. The molecule has 0 aliphatic carbocycles. The summed E-state index contributed by atoms with van der Waals surface area (Å²) < 4.78 is 0. The first-order chi connectivity index (χ1) is 9.25. The Balaban J connectivity index is 2.12. The predicted octanol–water partition coefficient (Wildman–Crippen LogP) is 5.30. The van der Waals surface area contributed by atoms with Crippen LogP contribution in [0.4, 0.5) is 0 Å². The van der Waals surface area contributed by atoms with E-state index in [1.54, 1.807) is 0 Å². The SMILES string of the molecule is OCCCCCCCCC(Cl)C(Cl)c1ccccc1. The molecule has 2 atom stereocenters. The van der Waals surface area contributed by atoms with Crippen LogP contribution in [0.25, 0.3) is 0 Å². The molecule has 0 saturated carbocycles. The van der Waals surface area contributed by atoms with Crippen LogP contribution < -0.4 is 0 Å². The summed E-state index contributed by atoms with van der Waals surface area (Å²) in [5, 5.41) is 8.58. The topological polar surface area (TPSA) is 20.2 Å². The Morgan fingerprint density at radius 2 is 1.42 bits per heavy atom. The minimum absolute atomic E-state index is 0.00140. The summed E-state index contributed by atoms with van der Waals surface area (Å²) in [5.41, 5.74) is 1.10. The standard InChI is InChI=1S/C16H24Cl2O/c17-15(12-8-3-1-2-4-9-13-19)16(18)14-10-6-5-7-11-14/h5-7,10-11,15-16,19H,1-4,8-9,12-13H2. The van der Waals surface area contributed by atoms with Crippen molar-refractivity contribution in [2.45, 2.75) is 55.7 Å². The van der Waals surface area contributed by atoms with Gasteiger partial charge in [-0.1, -0.05) is 62.4 Å². The fourth-order valence-electron chi connectivity index (χ4n) is 2.15. The highest BCUT2D eigenvalue weighted by Crippen LogP contribution is 2.31. The van der Waals surface area contributed by atoms with Crippen LogP contribution >= 0.6 is 23.2 Å². The Bertz CT molecular complexity index is 316. The number of aliphatic hydroxyl groups is 1. The summed E-state index contributed by atoms with van der Waals surface area (Å²) in [7, 11) is 0. The van der Waals surface area contributed by atoms with Gasteiger partial charge in [-0.3, -0.25) is 0 Å². The molecule has 0 heterocycles. The highest BCUT2D eigenvalue weighted by Gasteiger charge is 2.17. The Labute approximate surface area is 126 Å². The average Bonchev–Trinajstić information content (AvgIpc) is 2.46. The van der Waals surface area contributed by atoms with Crippen LogP contribution in [0.1, 0.15) is 55.9 Å². The number of halogens is 2. The van der Waals surface area contributed by atoms with E-state index in [-0.39, 0.29) is 10.8 Å². The molecule has 2 unspecified atom stereocenters. The smallest absolute Gasteiger partial charge is 0.0748 e. The molecule has 1 aromatic rings. The molecule has 3 heteroatoms. The number of aliphatic hydroxyl groups excluding tert-OH is 1. The number of rotatable bonds is 10. The van der Waals surface area contributed by atoms with Crippen molar-refractivity contribution in [2.24, 2.45) is 0 Å². The van der Waals surface area contributed by atoms with Crippen LogP contribution in [-0.2, 0) is 0 Å². The van der Waals surface area contributed by atoms with E-state index in [9.17, 15) is 0 Å². The summed E-state index contributed by atoms with van der Waals surface area (Å²) in [5.74, 6) is 0. The molecule has 0 aliphatic heterocycles. The monoisotopic (exact) mass is 302 g/mol. The van der Waals surface area contributed by atoms with Crippen molar-refractivity contribution in [1.29, 1.82) is 0 Å². The molecule has 1 rings (SSSR count). The fourth-order valence-corrected chi connectivity index (χ4v) is 2.72. The molecule has 19 heavy (non-hydrogen) atoms. The Morgan fingerprint density at radius 3 is 2.05 bits per heavy atom. The molecule has 0 bridgehead atoms. The number of alkyl halides is 2. The second-order valence-corrected chi connectivity index (χ2v) is 5.99. The summed E-state index contributed by atoms with van der Waals surface area (Å²) >= 11 is 12.7. The van der Waals surface area contributed by atoms with Crippen molar-refractivity contribution in [1.82, 2.24) is 0 Å². The van der Waals surface area contributed by atoms with E-state index >= 15 is 0 Å². The molecule has 0 aliphatic rings. The van der Waals surface area contributed by atoms with E-state index in [0.717, 1.165) is 31.2 Å². The first-order valence-electron chi connectivity index (χ1n) is 7.19. The van der Waals surface area contributed by atoms with E-state index in [1.807, 2.05) is 30.3 Å². The van der Waals surface area contributed by atoms with Gasteiger partial charge in [0, 0.05) is 6.61 Å². The van der Waals surface area contributed by atoms with Gasteiger partial charge in [0.05, 0.1) is 10.8 Å². The van der Waals surface area contributed by atoms with Crippen LogP contribution in [-0.4, -0.2) is 17.1 Å². The molecule has 108 valence electrons. The zero-order valence-corrected chi connectivity index (χ0v) is 12.9. The summed E-state index contributed by atoms with van der Waals surface area (Å²) in [6, 6.07) is 10.0. The van der Waals surface area contributed by atoms with Crippen LogP contribution in [0.15, 0.2) is 30.3 Å². The Morgan fingerprint density at radius 1 is 0.842 bits per heavy atom. The van der Waals surface area contributed by atoms with Gasteiger partial charge in [0.25, 0.3) is 0 Å². The first kappa shape index (κ1) is 16.8. The lowest BCUT2D eigenvalue weighted by molar-refractivity contribution is 0.282. The summed E-state index contributed by atoms with van der Waals surface area (Å²) in [6.07, 6.45) is 7.78. The molecular weight excluding hydrogens is 279 g/mol. The van der Waals surface area contributed by atoms with Crippen molar-refractivity contribution in [3.05, 3.63) is 35.9 Å². The van der Waals surface area contributed by atoms with Crippen molar-refractivity contribution < 1.29 is 5.11 Å². The molecule has 0 spiro atoms. The van der Waals surface area contributed by atoms with Crippen LogP contribution in [0.3, 0.4) is 0 Å². The van der Waals surface area contributed by atoms with Gasteiger partial charge >= 0.3 is 0 Å². The summed E-state index contributed by atoms with van der Waals surface area (Å²) in [4.78, 5) is 0. The van der Waals surface area contributed by atoms with E-state index in [4.69, 9.17) is 28.3 Å². The van der Waals surface area contributed by atoms with Gasteiger partial charge in [-0.25, -0.2) is 0 Å². The quantitative estimate of drug-likeness (QED) is 0.459. The van der Waals surface area contributed by atoms with Crippen LogP contribution in [0.2, 0.25) is 0 Å². The van der Waals surface area contributed by atoms with Crippen molar-refractivity contribution >= 4 is 23.2 Å². The van der Waals surface area contributed by atoms with Crippen molar-refractivity contribution in [3.8, 4) is 0 Å². The minimum Gasteiger partial charge on any atom is -0.396 e. The lowest BCUT2D eigenvalue weighted by atomic mass is 10.0. The maximum absolute atomic E-state index is 8.68. The average molecular weight is 303 g/mol. The van der Waals surface area contributed by atoms with Gasteiger partial charge in [-0.05, 0) is 18.4 Å². The lowest BCUT2D eigenvalue weighted by Gasteiger charge is -2.16. The molecular formula is C16H24Cl2O. The van der Waals surface area contributed by atoms with E-state index in [2.05, 4.69) is 0 Å². The van der Waals surface area contributed by atoms with E-state index in [1.165, 1.54) is 19.3 Å². The maximum Gasteiger partial charge on any atom is 0.0748 e. The van der Waals surface area contributed by atoms with Gasteiger partial charge in [-0.2, -0.15) is 0 Å². The predicted molar refractivity (Wildman–Crippen MR) is 84.1 cm³/mol. The van der Waals surface area contributed by atoms with E-state index in [0.29, 0.717) is 6.61 Å². The number of hydrogen-bond donors (Lipinski definition) is 1. The van der Waals surface area contributed by atoms with Crippen molar-refractivity contribution in [2.75, 3.05) is 6.61 Å². The fraction of sp³-hybridized carbons (Fsp3) is 0.625.